The van der Waals surface area contributed by atoms with Gasteiger partial charge in [-0.15, -0.1) is 24.0 Å². The quantitative estimate of drug-likeness (QED) is 0.377. The van der Waals surface area contributed by atoms with Gasteiger partial charge in [-0.25, -0.2) is 0 Å². The van der Waals surface area contributed by atoms with Gasteiger partial charge in [0.05, 0.1) is 6.26 Å². The van der Waals surface area contributed by atoms with E-state index in [2.05, 4.69) is 27.8 Å². The number of carbonyl (C=O) groups is 1. The Morgan fingerprint density at radius 2 is 2.00 bits per heavy atom. The zero-order valence-corrected chi connectivity index (χ0v) is 17.9. The Balaban J connectivity index is 0.00000261. The van der Waals surface area contributed by atoms with Crippen LogP contribution in [0.3, 0.4) is 0 Å². The summed E-state index contributed by atoms with van der Waals surface area (Å²) in [4.78, 5) is 18.1. The average Bonchev–Trinajstić information content (AvgIpc) is 3.19. The highest BCUT2D eigenvalue weighted by Gasteiger charge is 2.19. The lowest BCUT2D eigenvalue weighted by Gasteiger charge is -2.26. The van der Waals surface area contributed by atoms with E-state index in [-0.39, 0.29) is 29.9 Å². The van der Waals surface area contributed by atoms with Gasteiger partial charge >= 0.3 is 0 Å². The minimum Gasteiger partial charge on any atom is -0.469 e. The van der Waals surface area contributed by atoms with E-state index in [9.17, 15) is 4.79 Å². The number of benzene rings is 1. The number of anilines is 1. The Morgan fingerprint density at radius 3 is 2.67 bits per heavy atom. The number of nitrogens with one attached hydrogen (secondary N) is 2. The van der Waals surface area contributed by atoms with Crippen molar-refractivity contribution in [2.24, 2.45) is 4.99 Å². The van der Waals surface area contributed by atoms with Crippen molar-refractivity contribution in [3.63, 3.8) is 0 Å². The fourth-order valence-corrected chi connectivity index (χ4v) is 3.04. The van der Waals surface area contributed by atoms with E-state index in [1.54, 1.807) is 13.3 Å². The number of hydrogen-bond acceptors (Lipinski definition) is 3. The summed E-state index contributed by atoms with van der Waals surface area (Å²) >= 11 is 0. The summed E-state index contributed by atoms with van der Waals surface area (Å²) in [5.74, 6) is 1.94. The molecule has 2 heterocycles. The van der Waals surface area contributed by atoms with Gasteiger partial charge in [-0.1, -0.05) is 12.1 Å². The molecule has 0 spiro atoms. The van der Waals surface area contributed by atoms with E-state index in [1.807, 2.05) is 29.2 Å². The molecule has 0 saturated carbocycles. The second-order valence-electron chi connectivity index (χ2n) is 6.35. The van der Waals surface area contributed by atoms with Crippen LogP contribution in [0.15, 0.2) is 52.1 Å². The van der Waals surface area contributed by atoms with Crippen LogP contribution < -0.4 is 15.5 Å². The van der Waals surface area contributed by atoms with Crippen molar-refractivity contribution in [1.29, 1.82) is 0 Å². The zero-order valence-electron chi connectivity index (χ0n) is 15.6. The van der Waals surface area contributed by atoms with Crippen molar-refractivity contribution in [3.05, 3.63) is 54.0 Å². The molecule has 1 saturated heterocycles. The molecule has 0 radical (unpaired) electrons. The molecule has 2 N–H and O–H groups in total. The summed E-state index contributed by atoms with van der Waals surface area (Å²) in [5.41, 5.74) is 2.13. The van der Waals surface area contributed by atoms with Crippen molar-refractivity contribution in [3.8, 4) is 0 Å². The van der Waals surface area contributed by atoms with Gasteiger partial charge < -0.3 is 20.0 Å². The van der Waals surface area contributed by atoms with E-state index < -0.39 is 0 Å². The smallest absolute Gasteiger partial charge is 0.226 e. The van der Waals surface area contributed by atoms with Gasteiger partial charge in [-0.05, 0) is 42.7 Å². The molecule has 27 heavy (non-hydrogen) atoms. The molecule has 1 aliphatic rings. The molecule has 1 aromatic carbocycles. The predicted octanol–water partition coefficient (Wildman–Crippen LogP) is 3.32. The van der Waals surface area contributed by atoms with E-state index in [0.717, 1.165) is 55.3 Å². The molecule has 1 fully saturated rings. The van der Waals surface area contributed by atoms with Gasteiger partial charge in [0, 0.05) is 45.2 Å². The van der Waals surface area contributed by atoms with Crippen LogP contribution >= 0.6 is 24.0 Å². The molecule has 3 rings (SSSR count). The summed E-state index contributed by atoms with van der Waals surface area (Å²) in [6.45, 7) is 2.25. The van der Waals surface area contributed by atoms with Crippen LogP contribution in [0.25, 0.3) is 0 Å². The van der Waals surface area contributed by atoms with Crippen LogP contribution in [0.4, 0.5) is 5.69 Å². The topological polar surface area (TPSA) is 69.9 Å². The molecule has 2 aromatic rings. The molecule has 6 nitrogen and oxygen atoms in total. The summed E-state index contributed by atoms with van der Waals surface area (Å²) in [6.07, 6.45) is 5.23. The molecule has 0 atom stereocenters. The fraction of sp³-hybridized carbons (Fsp3) is 0.400. The first-order valence-electron chi connectivity index (χ1n) is 9.12. The maximum atomic E-state index is 12.0. The maximum Gasteiger partial charge on any atom is 0.226 e. The van der Waals surface area contributed by atoms with Crippen molar-refractivity contribution >= 4 is 41.5 Å². The Labute approximate surface area is 177 Å². The highest BCUT2D eigenvalue weighted by Crippen LogP contribution is 2.21. The first-order valence-corrected chi connectivity index (χ1v) is 9.12. The summed E-state index contributed by atoms with van der Waals surface area (Å²) < 4.78 is 5.32. The van der Waals surface area contributed by atoms with Gasteiger partial charge in [0.1, 0.15) is 5.76 Å². The Bertz CT molecular complexity index is 729. The molecule has 0 aliphatic carbocycles. The third-order valence-electron chi connectivity index (χ3n) is 4.50. The maximum absolute atomic E-state index is 12.0. The van der Waals surface area contributed by atoms with E-state index in [4.69, 9.17) is 4.42 Å². The third-order valence-corrected chi connectivity index (χ3v) is 4.50. The van der Waals surface area contributed by atoms with E-state index >= 15 is 0 Å². The number of rotatable bonds is 6. The highest BCUT2D eigenvalue weighted by atomic mass is 127. The number of piperidine rings is 1. The van der Waals surface area contributed by atoms with Gasteiger partial charge in [0.2, 0.25) is 5.91 Å². The molecule has 1 aromatic heterocycles. The zero-order chi connectivity index (χ0) is 18.2. The van der Waals surface area contributed by atoms with Crippen LogP contribution in [0.1, 0.15) is 30.6 Å². The number of furan rings is 1. The molecule has 0 bridgehead atoms. The van der Waals surface area contributed by atoms with E-state index in [0.29, 0.717) is 13.0 Å². The van der Waals surface area contributed by atoms with Crippen LogP contribution in [0.2, 0.25) is 0 Å². The number of amides is 1. The second-order valence-corrected chi connectivity index (χ2v) is 6.35. The molecule has 1 aliphatic heterocycles. The van der Waals surface area contributed by atoms with Crippen LogP contribution in [-0.4, -0.2) is 32.0 Å². The average molecular weight is 482 g/mol. The van der Waals surface area contributed by atoms with Gasteiger partial charge in [0.15, 0.2) is 5.96 Å². The molecular weight excluding hydrogens is 455 g/mol. The number of carbonyl (C=O) groups excluding carboxylic acids is 1. The Hall–Kier alpha value is -2.03. The predicted molar refractivity (Wildman–Crippen MR) is 119 cm³/mol. The van der Waals surface area contributed by atoms with Crippen molar-refractivity contribution < 1.29 is 9.21 Å². The van der Waals surface area contributed by atoms with Crippen LogP contribution in [-0.2, 0) is 17.8 Å². The molecule has 1 amide bonds. The SMILES string of the molecule is CN=C(NCCc1ccco1)NCc1ccc(N2CCCCC2=O)cc1.I. The lowest BCUT2D eigenvalue weighted by atomic mass is 10.1. The fourth-order valence-electron chi connectivity index (χ4n) is 3.04. The minimum absolute atomic E-state index is 0. The molecular formula is C20H27IN4O2. The first kappa shape index (κ1) is 21.3. The lowest BCUT2D eigenvalue weighted by molar-refractivity contribution is -0.119. The van der Waals surface area contributed by atoms with E-state index in [1.165, 1.54) is 0 Å². The summed E-state index contributed by atoms with van der Waals surface area (Å²) in [7, 11) is 1.76. The monoisotopic (exact) mass is 482 g/mol. The van der Waals surface area contributed by atoms with Crippen molar-refractivity contribution in [2.45, 2.75) is 32.2 Å². The number of halogens is 1. The highest BCUT2D eigenvalue weighted by molar-refractivity contribution is 14.0. The number of hydrogen-bond donors (Lipinski definition) is 2. The number of nitrogens with zero attached hydrogens (tertiary/aromatic N) is 2. The van der Waals surface area contributed by atoms with Gasteiger partial charge in [0.25, 0.3) is 0 Å². The van der Waals surface area contributed by atoms with Crippen LogP contribution in [0, 0.1) is 0 Å². The minimum atomic E-state index is 0. The molecule has 0 unspecified atom stereocenters. The largest absolute Gasteiger partial charge is 0.469 e. The summed E-state index contributed by atoms with van der Waals surface area (Å²) in [5, 5.41) is 6.57. The number of aliphatic imine (C=N–C) groups is 1. The third kappa shape index (κ3) is 6.27. The normalized spacial score (nSPS) is 14.6. The second kappa shape index (κ2) is 11.0. The van der Waals surface area contributed by atoms with Crippen molar-refractivity contribution in [1.82, 2.24) is 10.6 Å². The van der Waals surface area contributed by atoms with Gasteiger partial charge in [-0.3, -0.25) is 9.79 Å². The Kier molecular flexibility index (Phi) is 8.63. The first-order chi connectivity index (χ1) is 12.8. The van der Waals surface area contributed by atoms with Crippen LogP contribution in [0.5, 0.6) is 0 Å². The number of guanidine groups is 1. The molecule has 7 heteroatoms. The summed E-state index contributed by atoms with van der Waals surface area (Å²) in [6, 6.07) is 12.0. The van der Waals surface area contributed by atoms with Gasteiger partial charge in [-0.2, -0.15) is 0 Å². The van der Waals surface area contributed by atoms with Crippen molar-refractivity contribution in [2.75, 3.05) is 25.0 Å². The standard InChI is InChI=1S/C20H26N4O2.HI/c1-21-20(22-12-11-18-5-4-14-26-18)23-15-16-7-9-17(10-8-16)24-13-3-2-6-19(24)25;/h4-5,7-10,14H,2-3,6,11-13,15H2,1H3,(H2,21,22,23);1H. The molecule has 146 valence electrons. The lowest BCUT2D eigenvalue weighted by Crippen LogP contribution is -2.37. The Morgan fingerprint density at radius 1 is 1.19 bits per heavy atom.